The first-order chi connectivity index (χ1) is 6.96. The van der Waals surface area contributed by atoms with Gasteiger partial charge in [-0.3, -0.25) is 0 Å². The summed E-state index contributed by atoms with van der Waals surface area (Å²) in [5.74, 6) is 0. The molecule has 0 radical (unpaired) electrons. The van der Waals surface area contributed by atoms with Crippen LogP contribution >= 0.6 is 0 Å². The first-order valence-corrected chi connectivity index (χ1v) is 5.13. The Kier molecular flexibility index (Phi) is 2.21. The summed E-state index contributed by atoms with van der Waals surface area (Å²) in [6, 6.07) is 9.31. The van der Waals surface area contributed by atoms with Crippen LogP contribution in [-0.2, 0) is 5.60 Å². The summed E-state index contributed by atoms with van der Waals surface area (Å²) in [6.45, 7) is 5.52. The summed E-state index contributed by atoms with van der Waals surface area (Å²) in [6.07, 6.45) is 0.891. The molecule has 1 fully saturated rings. The lowest BCUT2D eigenvalue weighted by Gasteiger charge is -2.35. The number of hydrogen-bond acceptors (Lipinski definition) is 2. The monoisotopic (exact) mass is 204 g/mol. The van der Waals surface area contributed by atoms with Crippen LogP contribution in [0.3, 0.4) is 0 Å². The van der Waals surface area contributed by atoms with E-state index in [4.69, 9.17) is 0 Å². The molecule has 0 amide bonds. The summed E-state index contributed by atoms with van der Waals surface area (Å²) >= 11 is 0. The normalized spacial score (nSPS) is 35.8. The molecule has 0 heterocycles. The lowest BCUT2D eigenvalue weighted by Crippen LogP contribution is -2.44. The lowest BCUT2D eigenvalue weighted by molar-refractivity contribution is -0.125. The Balaban J connectivity index is 2.47. The second kappa shape index (κ2) is 3.19. The third kappa shape index (κ3) is 1.50. The molecule has 15 heavy (non-hydrogen) atoms. The third-order valence-electron chi connectivity index (χ3n) is 3.24. The van der Waals surface area contributed by atoms with E-state index in [1.54, 1.807) is 6.92 Å². The van der Waals surface area contributed by atoms with E-state index in [1.807, 2.05) is 30.3 Å². The maximum atomic E-state index is 10.5. The minimum Gasteiger partial charge on any atom is -0.386 e. The smallest absolute Gasteiger partial charge is 0.122 e. The predicted molar refractivity (Wildman–Crippen MR) is 59.3 cm³/mol. The number of benzene rings is 1. The van der Waals surface area contributed by atoms with Gasteiger partial charge in [0.1, 0.15) is 5.60 Å². The van der Waals surface area contributed by atoms with Gasteiger partial charge in [-0.25, -0.2) is 0 Å². The lowest BCUT2D eigenvalue weighted by atomic mass is 9.81. The van der Waals surface area contributed by atoms with Crippen molar-refractivity contribution in [2.45, 2.75) is 31.0 Å². The van der Waals surface area contributed by atoms with Gasteiger partial charge in [0.25, 0.3) is 0 Å². The van der Waals surface area contributed by atoms with Gasteiger partial charge in [0.2, 0.25) is 0 Å². The van der Waals surface area contributed by atoms with Crippen LogP contribution in [0.25, 0.3) is 0 Å². The summed E-state index contributed by atoms with van der Waals surface area (Å²) in [4.78, 5) is 0. The number of rotatable bonds is 1. The molecule has 1 aromatic carbocycles. The highest BCUT2D eigenvalue weighted by Gasteiger charge is 2.52. The van der Waals surface area contributed by atoms with Crippen LogP contribution in [0.2, 0.25) is 0 Å². The molecule has 0 bridgehead atoms. The van der Waals surface area contributed by atoms with Crippen LogP contribution in [0.4, 0.5) is 0 Å². The molecule has 1 saturated carbocycles. The summed E-state index contributed by atoms with van der Waals surface area (Å²) in [7, 11) is 0. The molecular weight excluding hydrogens is 188 g/mol. The van der Waals surface area contributed by atoms with Gasteiger partial charge in [-0.2, -0.15) is 0 Å². The van der Waals surface area contributed by atoms with Crippen molar-refractivity contribution in [1.82, 2.24) is 0 Å². The van der Waals surface area contributed by atoms with Gasteiger partial charge in [0.05, 0.1) is 5.60 Å². The minimum absolute atomic E-state index is 0.435. The van der Waals surface area contributed by atoms with Crippen molar-refractivity contribution in [1.29, 1.82) is 0 Å². The van der Waals surface area contributed by atoms with Crippen molar-refractivity contribution >= 4 is 0 Å². The Labute approximate surface area is 89.9 Å². The molecule has 2 atom stereocenters. The van der Waals surface area contributed by atoms with Gasteiger partial charge in [0, 0.05) is 6.42 Å². The van der Waals surface area contributed by atoms with E-state index in [1.165, 1.54) is 0 Å². The average Bonchev–Trinajstić information content (AvgIpc) is 2.38. The van der Waals surface area contributed by atoms with E-state index < -0.39 is 11.2 Å². The van der Waals surface area contributed by atoms with E-state index in [0.29, 0.717) is 12.8 Å². The largest absolute Gasteiger partial charge is 0.386 e. The van der Waals surface area contributed by atoms with Gasteiger partial charge >= 0.3 is 0 Å². The van der Waals surface area contributed by atoms with Gasteiger partial charge in [-0.15, -0.1) is 0 Å². The maximum absolute atomic E-state index is 10.5. The third-order valence-corrected chi connectivity index (χ3v) is 3.24. The Morgan fingerprint density at radius 3 is 2.20 bits per heavy atom. The average molecular weight is 204 g/mol. The molecule has 2 heteroatoms. The van der Waals surface area contributed by atoms with Crippen LogP contribution in [0.5, 0.6) is 0 Å². The Morgan fingerprint density at radius 2 is 1.73 bits per heavy atom. The minimum atomic E-state index is -1.19. The topological polar surface area (TPSA) is 40.5 Å². The fraction of sp³-hybridized carbons (Fsp3) is 0.385. The molecule has 2 N–H and O–H groups in total. The van der Waals surface area contributed by atoms with Crippen molar-refractivity contribution in [3.05, 3.63) is 48.0 Å². The summed E-state index contributed by atoms with van der Waals surface area (Å²) < 4.78 is 0. The highest BCUT2D eigenvalue weighted by atomic mass is 16.4. The second-order valence-electron chi connectivity index (χ2n) is 4.60. The molecule has 0 aliphatic heterocycles. The van der Waals surface area contributed by atoms with Gasteiger partial charge < -0.3 is 10.2 Å². The summed E-state index contributed by atoms with van der Waals surface area (Å²) in [5, 5.41) is 20.8. The Bertz CT molecular complexity index is 381. The van der Waals surface area contributed by atoms with Crippen LogP contribution in [-0.4, -0.2) is 15.8 Å². The molecule has 0 saturated heterocycles. The van der Waals surface area contributed by atoms with Crippen molar-refractivity contribution in [3.8, 4) is 0 Å². The fourth-order valence-electron chi connectivity index (χ4n) is 2.37. The van der Waals surface area contributed by atoms with Crippen molar-refractivity contribution in [2.75, 3.05) is 0 Å². The second-order valence-corrected chi connectivity index (χ2v) is 4.60. The van der Waals surface area contributed by atoms with Crippen LogP contribution in [0, 0.1) is 0 Å². The Hall–Kier alpha value is -1.12. The van der Waals surface area contributed by atoms with Crippen LogP contribution < -0.4 is 0 Å². The molecule has 1 aromatic rings. The molecular formula is C13H16O2. The quantitative estimate of drug-likeness (QED) is 0.687. The molecule has 0 unspecified atom stereocenters. The maximum Gasteiger partial charge on any atom is 0.122 e. The first-order valence-electron chi connectivity index (χ1n) is 5.13. The fourth-order valence-corrected chi connectivity index (χ4v) is 2.37. The van der Waals surface area contributed by atoms with Crippen LogP contribution in [0.1, 0.15) is 25.3 Å². The van der Waals surface area contributed by atoms with E-state index in [-0.39, 0.29) is 0 Å². The number of hydrogen-bond donors (Lipinski definition) is 2. The molecule has 2 rings (SSSR count). The van der Waals surface area contributed by atoms with E-state index in [0.717, 1.165) is 11.1 Å². The van der Waals surface area contributed by atoms with Crippen molar-refractivity contribution in [3.63, 3.8) is 0 Å². The highest BCUT2D eigenvalue weighted by Crippen LogP contribution is 2.48. The standard InChI is InChI=1S/C13H16O2/c1-10-8-12(2,14)13(15,9-10)11-6-4-3-5-7-11/h3-7,14-15H,1,8-9H2,2H3/t12-,13+/m0/s1. The number of aliphatic hydroxyl groups is 2. The molecule has 1 aliphatic rings. The molecule has 1 aliphatic carbocycles. The Morgan fingerprint density at radius 1 is 1.13 bits per heavy atom. The van der Waals surface area contributed by atoms with Crippen molar-refractivity contribution < 1.29 is 10.2 Å². The highest BCUT2D eigenvalue weighted by molar-refractivity contribution is 5.33. The predicted octanol–water partition coefficient (Wildman–Crippen LogP) is 1.98. The van der Waals surface area contributed by atoms with Crippen LogP contribution in [0.15, 0.2) is 42.5 Å². The van der Waals surface area contributed by atoms with Gasteiger partial charge in [-0.1, -0.05) is 42.5 Å². The molecule has 80 valence electrons. The van der Waals surface area contributed by atoms with E-state index >= 15 is 0 Å². The zero-order chi connectivity index (χ0) is 11.1. The van der Waals surface area contributed by atoms with Gasteiger partial charge in [0.15, 0.2) is 0 Å². The van der Waals surface area contributed by atoms with E-state index in [2.05, 4.69) is 6.58 Å². The van der Waals surface area contributed by atoms with E-state index in [9.17, 15) is 10.2 Å². The molecule has 0 spiro atoms. The summed E-state index contributed by atoms with van der Waals surface area (Å²) in [5.41, 5.74) is -0.656. The molecule has 0 aromatic heterocycles. The SMILES string of the molecule is C=C1C[C@](C)(O)[C@](O)(c2ccccc2)C1. The zero-order valence-electron chi connectivity index (χ0n) is 8.90. The van der Waals surface area contributed by atoms with Gasteiger partial charge in [-0.05, 0) is 18.9 Å². The zero-order valence-corrected chi connectivity index (χ0v) is 8.90. The molecule has 2 nitrogen and oxygen atoms in total. The van der Waals surface area contributed by atoms with Crippen molar-refractivity contribution in [2.24, 2.45) is 0 Å². The first kappa shape index (κ1) is 10.4.